The van der Waals surface area contributed by atoms with Crippen molar-refractivity contribution < 1.29 is 0 Å². The van der Waals surface area contributed by atoms with Crippen LogP contribution in [0.5, 0.6) is 0 Å². The fourth-order valence-corrected chi connectivity index (χ4v) is 2.93. The van der Waals surface area contributed by atoms with Crippen LogP contribution in [-0.2, 0) is 0 Å². The second-order valence-electron chi connectivity index (χ2n) is 3.70. The van der Waals surface area contributed by atoms with E-state index in [1.54, 1.807) is 11.3 Å². The maximum atomic E-state index is 6.18. The second-order valence-corrected chi connectivity index (χ2v) is 5.02. The van der Waals surface area contributed by atoms with E-state index in [1.165, 1.54) is 11.1 Å². The first-order valence-corrected chi connectivity index (χ1v) is 6.49. The van der Waals surface area contributed by atoms with Crippen LogP contribution in [0.15, 0.2) is 35.7 Å². The van der Waals surface area contributed by atoms with Gasteiger partial charge < -0.3 is 5.32 Å². The van der Waals surface area contributed by atoms with Gasteiger partial charge in [-0.05, 0) is 36.5 Å². The van der Waals surface area contributed by atoms with Crippen LogP contribution < -0.4 is 5.32 Å². The molecule has 1 nitrogen and oxygen atoms in total. The predicted octanol–water partition coefficient (Wildman–Crippen LogP) is 4.35. The van der Waals surface area contributed by atoms with Crippen molar-refractivity contribution in [2.75, 3.05) is 7.05 Å². The van der Waals surface area contributed by atoms with Gasteiger partial charge in [0.05, 0.1) is 9.90 Å². The highest BCUT2D eigenvalue weighted by molar-refractivity contribution is 7.14. The normalized spacial score (nSPS) is 12.7. The molecule has 1 heterocycles. The molecule has 1 aromatic heterocycles. The van der Waals surface area contributed by atoms with Gasteiger partial charge in [-0.3, -0.25) is 0 Å². The minimum Gasteiger partial charge on any atom is -0.313 e. The third-order valence-corrected chi connectivity index (χ3v) is 4.10. The molecular weight excluding hydrogens is 238 g/mol. The molecule has 16 heavy (non-hydrogen) atoms. The van der Waals surface area contributed by atoms with E-state index in [2.05, 4.69) is 36.5 Å². The second kappa shape index (κ2) is 5.00. The zero-order chi connectivity index (χ0) is 11.5. The standard InChI is InChI=1S/C13H14ClNS/c1-9(15-2)10-5-3-4-6-11(10)13-12(14)7-8-16-13/h3-9,15H,1-2H3. The summed E-state index contributed by atoms with van der Waals surface area (Å²) in [5, 5.41) is 6.12. The van der Waals surface area contributed by atoms with Gasteiger partial charge in [-0.1, -0.05) is 35.9 Å². The summed E-state index contributed by atoms with van der Waals surface area (Å²) >= 11 is 7.87. The van der Waals surface area contributed by atoms with E-state index in [4.69, 9.17) is 11.6 Å². The first-order valence-electron chi connectivity index (χ1n) is 5.23. The lowest BCUT2D eigenvalue weighted by atomic mass is 10.0. The average molecular weight is 252 g/mol. The third-order valence-electron chi connectivity index (χ3n) is 2.72. The number of nitrogens with one attached hydrogen (secondary N) is 1. The van der Waals surface area contributed by atoms with Crippen LogP contribution in [-0.4, -0.2) is 7.05 Å². The summed E-state index contributed by atoms with van der Waals surface area (Å²) in [5.74, 6) is 0. The van der Waals surface area contributed by atoms with Crippen molar-refractivity contribution in [3.8, 4) is 10.4 Å². The summed E-state index contributed by atoms with van der Waals surface area (Å²) in [7, 11) is 1.97. The van der Waals surface area contributed by atoms with Crippen LogP contribution in [0.2, 0.25) is 5.02 Å². The van der Waals surface area contributed by atoms with Gasteiger partial charge in [-0.25, -0.2) is 0 Å². The van der Waals surface area contributed by atoms with Crippen LogP contribution in [0.3, 0.4) is 0 Å². The summed E-state index contributed by atoms with van der Waals surface area (Å²) < 4.78 is 0. The van der Waals surface area contributed by atoms with E-state index in [1.807, 2.05) is 18.5 Å². The van der Waals surface area contributed by atoms with E-state index in [-0.39, 0.29) is 0 Å². The molecule has 1 unspecified atom stereocenters. The van der Waals surface area contributed by atoms with Gasteiger partial charge in [0.25, 0.3) is 0 Å². The van der Waals surface area contributed by atoms with Gasteiger partial charge in [-0.15, -0.1) is 11.3 Å². The molecule has 3 heteroatoms. The lowest BCUT2D eigenvalue weighted by molar-refractivity contribution is 0.654. The lowest BCUT2D eigenvalue weighted by Crippen LogP contribution is -2.13. The quantitative estimate of drug-likeness (QED) is 0.855. The molecule has 0 aliphatic rings. The molecule has 0 amide bonds. The molecule has 84 valence electrons. The van der Waals surface area contributed by atoms with Crippen molar-refractivity contribution in [1.29, 1.82) is 0 Å². The molecule has 1 atom stereocenters. The minimum absolute atomic E-state index is 0.328. The first kappa shape index (κ1) is 11.6. The molecule has 0 spiro atoms. The Hall–Kier alpha value is -0.830. The van der Waals surface area contributed by atoms with Crippen molar-refractivity contribution in [3.63, 3.8) is 0 Å². The van der Waals surface area contributed by atoms with Crippen LogP contribution >= 0.6 is 22.9 Å². The Balaban J connectivity index is 2.53. The van der Waals surface area contributed by atoms with E-state index in [9.17, 15) is 0 Å². The van der Waals surface area contributed by atoms with Gasteiger partial charge in [-0.2, -0.15) is 0 Å². The van der Waals surface area contributed by atoms with Crippen molar-refractivity contribution in [1.82, 2.24) is 5.32 Å². The fraction of sp³-hybridized carbons (Fsp3) is 0.231. The lowest BCUT2D eigenvalue weighted by Gasteiger charge is -2.15. The Kier molecular flexibility index (Phi) is 3.64. The molecule has 0 saturated carbocycles. The molecule has 1 N–H and O–H groups in total. The van der Waals surface area contributed by atoms with Gasteiger partial charge in [0.2, 0.25) is 0 Å². The van der Waals surface area contributed by atoms with Crippen molar-refractivity contribution >= 4 is 22.9 Å². The maximum absolute atomic E-state index is 6.18. The van der Waals surface area contributed by atoms with Gasteiger partial charge in [0.1, 0.15) is 0 Å². The Morgan fingerprint density at radius 2 is 2.00 bits per heavy atom. The van der Waals surface area contributed by atoms with Gasteiger partial charge in [0.15, 0.2) is 0 Å². The topological polar surface area (TPSA) is 12.0 Å². The van der Waals surface area contributed by atoms with E-state index in [0.717, 1.165) is 9.90 Å². The summed E-state index contributed by atoms with van der Waals surface area (Å²) in [6.07, 6.45) is 0. The number of hydrogen-bond donors (Lipinski definition) is 1. The maximum Gasteiger partial charge on any atom is 0.0592 e. The number of benzene rings is 1. The summed E-state index contributed by atoms with van der Waals surface area (Å²) in [6, 6.07) is 10.7. The third kappa shape index (κ3) is 2.14. The molecule has 0 bridgehead atoms. The van der Waals surface area contributed by atoms with Crippen LogP contribution in [0.25, 0.3) is 10.4 Å². The highest BCUT2D eigenvalue weighted by Gasteiger charge is 2.12. The van der Waals surface area contributed by atoms with E-state index < -0.39 is 0 Å². The number of rotatable bonds is 3. The number of hydrogen-bond acceptors (Lipinski definition) is 2. The Labute approximate surface area is 105 Å². The zero-order valence-corrected chi connectivity index (χ0v) is 10.9. The molecule has 0 aliphatic carbocycles. The molecule has 2 aromatic rings. The number of thiophene rings is 1. The highest BCUT2D eigenvalue weighted by atomic mass is 35.5. The summed E-state index contributed by atoms with van der Waals surface area (Å²) in [6.45, 7) is 2.15. The Morgan fingerprint density at radius 1 is 1.25 bits per heavy atom. The Bertz CT molecular complexity index is 478. The molecule has 1 aromatic carbocycles. The Morgan fingerprint density at radius 3 is 2.62 bits per heavy atom. The van der Waals surface area contributed by atoms with Crippen molar-refractivity contribution in [2.24, 2.45) is 0 Å². The monoisotopic (exact) mass is 251 g/mol. The number of halogens is 1. The smallest absolute Gasteiger partial charge is 0.0592 e. The fourth-order valence-electron chi connectivity index (χ4n) is 1.72. The van der Waals surface area contributed by atoms with Crippen LogP contribution in [0.4, 0.5) is 0 Å². The van der Waals surface area contributed by atoms with E-state index in [0.29, 0.717) is 6.04 Å². The van der Waals surface area contributed by atoms with Crippen molar-refractivity contribution in [2.45, 2.75) is 13.0 Å². The van der Waals surface area contributed by atoms with Crippen molar-refractivity contribution in [3.05, 3.63) is 46.3 Å². The zero-order valence-electron chi connectivity index (χ0n) is 9.33. The summed E-state index contributed by atoms with van der Waals surface area (Å²) in [4.78, 5) is 1.15. The minimum atomic E-state index is 0.328. The average Bonchev–Trinajstić information content (AvgIpc) is 2.74. The van der Waals surface area contributed by atoms with Crippen LogP contribution in [0, 0.1) is 0 Å². The van der Waals surface area contributed by atoms with Crippen LogP contribution in [0.1, 0.15) is 18.5 Å². The molecule has 0 fully saturated rings. The highest BCUT2D eigenvalue weighted by Crippen LogP contribution is 2.36. The first-order chi connectivity index (χ1) is 7.74. The molecule has 0 aliphatic heterocycles. The predicted molar refractivity (Wildman–Crippen MR) is 72.2 cm³/mol. The molecular formula is C13H14ClNS. The molecule has 0 radical (unpaired) electrons. The summed E-state index contributed by atoms with van der Waals surface area (Å²) in [5.41, 5.74) is 2.51. The SMILES string of the molecule is CNC(C)c1ccccc1-c1sccc1Cl. The molecule has 2 rings (SSSR count). The van der Waals surface area contributed by atoms with E-state index >= 15 is 0 Å². The molecule has 0 saturated heterocycles. The van der Waals surface area contributed by atoms with Gasteiger partial charge >= 0.3 is 0 Å². The van der Waals surface area contributed by atoms with Gasteiger partial charge in [0, 0.05) is 6.04 Å². The largest absolute Gasteiger partial charge is 0.313 e.